The fourth-order valence-electron chi connectivity index (χ4n) is 3.92. The lowest BCUT2D eigenvalue weighted by molar-refractivity contribution is -0.144. The van der Waals surface area contributed by atoms with Gasteiger partial charge in [0.15, 0.2) is 0 Å². The Morgan fingerprint density at radius 1 is 1.17 bits per heavy atom. The SMILES string of the molecule is C[C@@H]1Cc2c(Cl)cccc2[C@@H]1NC(=O)C1CCC(C(=O)O)CC1. The highest BCUT2D eigenvalue weighted by Gasteiger charge is 2.35. The zero-order valence-electron chi connectivity index (χ0n) is 13.2. The van der Waals surface area contributed by atoms with Crippen molar-refractivity contribution in [2.24, 2.45) is 17.8 Å². The Balaban J connectivity index is 1.65. The second-order valence-electron chi connectivity index (χ2n) is 6.86. The van der Waals surface area contributed by atoms with Crippen LogP contribution in [0.3, 0.4) is 0 Å². The minimum absolute atomic E-state index is 0.00778. The van der Waals surface area contributed by atoms with E-state index in [1.807, 2.05) is 18.2 Å². The number of carboxylic acids is 1. The predicted molar refractivity (Wildman–Crippen MR) is 88.3 cm³/mol. The van der Waals surface area contributed by atoms with Crippen molar-refractivity contribution in [2.75, 3.05) is 0 Å². The standard InChI is InChI=1S/C18H22ClNO3/c1-10-9-14-13(3-2-4-15(14)19)16(10)20-17(21)11-5-7-12(8-6-11)18(22)23/h2-4,10-12,16H,5-9H2,1H3,(H,20,21)(H,22,23)/t10-,11?,12?,16-/m1/s1. The van der Waals surface area contributed by atoms with Crippen LogP contribution in [0.1, 0.15) is 49.8 Å². The van der Waals surface area contributed by atoms with Crippen molar-refractivity contribution < 1.29 is 14.7 Å². The highest BCUT2D eigenvalue weighted by Crippen LogP contribution is 2.40. The summed E-state index contributed by atoms with van der Waals surface area (Å²) in [5.74, 6) is -0.718. The molecule has 3 rings (SSSR count). The first-order chi connectivity index (χ1) is 11.0. The van der Waals surface area contributed by atoms with Crippen LogP contribution in [0.4, 0.5) is 0 Å². The maximum absolute atomic E-state index is 12.6. The van der Waals surface area contributed by atoms with Crippen molar-refractivity contribution in [3.05, 3.63) is 34.3 Å². The molecule has 0 aliphatic heterocycles. The van der Waals surface area contributed by atoms with Gasteiger partial charge in [0.25, 0.3) is 0 Å². The van der Waals surface area contributed by atoms with Gasteiger partial charge in [-0.2, -0.15) is 0 Å². The molecule has 0 saturated heterocycles. The molecule has 124 valence electrons. The molecule has 0 radical (unpaired) electrons. The number of hydrogen-bond acceptors (Lipinski definition) is 2. The lowest BCUT2D eigenvalue weighted by atomic mass is 9.81. The Kier molecular flexibility index (Phi) is 4.62. The first kappa shape index (κ1) is 16.3. The van der Waals surface area contributed by atoms with Crippen LogP contribution in [0.15, 0.2) is 18.2 Å². The number of hydrogen-bond donors (Lipinski definition) is 2. The van der Waals surface area contributed by atoms with E-state index in [0.717, 1.165) is 22.6 Å². The van der Waals surface area contributed by atoms with E-state index in [1.165, 1.54) is 0 Å². The van der Waals surface area contributed by atoms with Gasteiger partial charge in [0.05, 0.1) is 12.0 Å². The second kappa shape index (κ2) is 6.52. The summed E-state index contributed by atoms with van der Waals surface area (Å²) in [4.78, 5) is 23.6. The van der Waals surface area contributed by atoms with Crippen LogP contribution in [-0.4, -0.2) is 17.0 Å². The number of amides is 1. The van der Waals surface area contributed by atoms with Gasteiger partial charge >= 0.3 is 5.97 Å². The summed E-state index contributed by atoms with van der Waals surface area (Å²) in [7, 11) is 0. The third kappa shape index (κ3) is 3.23. The molecule has 2 aliphatic rings. The number of halogens is 1. The van der Waals surface area contributed by atoms with E-state index in [-0.39, 0.29) is 23.8 Å². The summed E-state index contributed by atoms with van der Waals surface area (Å²) in [6.07, 6.45) is 3.39. The Morgan fingerprint density at radius 2 is 1.83 bits per heavy atom. The van der Waals surface area contributed by atoms with Crippen LogP contribution in [0, 0.1) is 17.8 Å². The monoisotopic (exact) mass is 335 g/mol. The molecule has 1 amide bonds. The third-order valence-corrected chi connectivity index (χ3v) is 5.68. The summed E-state index contributed by atoms with van der Waals surface area (Å²) in [6, 6.07) is 5.87. The molecule has 2 N–H and O–H groups in total. The Labute approximate surface area is 141 Å². The van der Waals surface area contributed by atoms with Gasteiger partial charge in [0.1, 0.15) is 0 Å². The predicted octanol–water partition coefficient (Wildman–Crippen LogP) is 3.58. The van der Waals surface area contributed by atoms with E-state index >= 15 is 0 Å². The van der Waals surface area contributed by atoms with E-state index in [2.05, 4.69) is 12.2 Å². The van der Waals surface area contributed by atoms with E-state index in [1.54, 1.807) is 0 Å². The van der Waals surface area contributed by atoms with Crippen molar-refractivity contribution >= 4 is 23.5 Å². The minimum Gasteiger partial charge on any atom is -0.481 e. The molecular formula is C18H22ClNO3. The molecule has 2 aliphatic carbocycles. The zero-order chi connectivity index (χ0) is 16.6. The Bertz CT molecular complexity index is 623. The molecule has 1 aromatic rings. The smallest absolute Gasteiger partial charge is 0.306 e. The maximum atomic E-state index is 12.6. The van der Waals surface area contributed by atoms with Crippen molar-refractivity contribution in [3.63, 3.8) is 0 Å². The summed E-state index contributed by atoms with van der Waals surface area (Å²) < 4.78 is 0. The lowest BCUT2D eigenvalue weighted by Crippen LogP contribution is -2.37. The molecule has 0 aromatic heterocycles. The molecule has 5 heteroatoms. The summed E-state index contributed by atoms with van der Waals surface area (Å²) in [5, 5.41) is 13.0. The molecule has 1 saturated carbocycles. The van der Waals surface area contributed by atoms with Crippen molar-refractivity contribution in [1.29, 1.82) is 0 Å². The molecule has 1 aromatic carbocycles. The van der Waals surface area contributed by atoms with Gasteiger partial charge in [-0.25, -0.2) is 0 Å². The van der Waals surface area contributed by atoms with Gasteiger partial charge in [-0.05, 0) is 55.2 Å². The van der Waals surface area contributed by atoms with Crippen LogP contribution in [0.2, 0.25) is 5.02 Å². The van der Waals surface area contributed by atoms with Crippen LogP contribution in [0.25, 0.3) is 0 Å². The van der Waals surface area contributed by atoms with Gasteiger partial charge in [0, 0.05) is 10.9 Å². The molecule has 23 heavy (non-hydrogen) atoms. The highest BCUT2D eigenvalue weighted by atomic mass is 35.5. The first-order valence-electron chi connectivity index (χ1n) is 8.28. The molecular weight excluding hydrogens is 314 g/mol. The van der Waals surface area contributed by atoms with E-state index in [4.69, 9.17) is 16.7 Å². The number of fused-ring (bicyclic) bond motifs is 1. The zero-order valence-corrected chi connectivity index (χ0v) is 14.0. The number of nitrogens with one attached hydrogen (secondary N) is 1. The Morgan fingerprint density at radius 3 is 2.48 bits per heavy atom. The quantitative estimate of drug-likeness (QED) is 0.887. The molecule has 0 bridgehead atoms. The Hall–Kier alpha value is -1.55. The molecule has 4 nitrogen and oxygen atoms in total. The van der Waals surface area contributed by atoms with Crippen molar-refractivity contribution in [2.45, 2.75) is 45.1 Å². The molecule has 2 atom stereocenters. The van der Waals surface area contributed by atoms with E-state index in [0.29, 0.717) is 31.6 Å². The summed E-state index contributed by atoms with van der Waals surface area (Å²) in [5.41, 5.74) is 2.26. The highest BCUT2D eigenvalue weighted by molar-refractivity contribution is 6.31. The third-order valence-electron chi connectivity index (χ3n) is 5.33. The molecule has 0 spiro atoms. The lowest BCUT2D eigenvalue weighted by Gasteiger charge is -2.27. The van der Waals surface area contributed by atoms with E-state index < -0.39 is 5.97 Å². The topological polar surface area (TPSA) is 66.4 Å². The normalized spacial score (nSPS) is 29.8. The van der Waals surface area contributed by atoms with Gasteiger partial charge in [-0.15, -0.1) is 0 Å². The fourth-order valence-corrected chi connectivity index (χ4v) is 4.18. The number of aliphatic carboxylic acids is 1. The van der Waals surface area contributed by atoms with Crippen LogP contribution >= 0.6 is 11.6 Å². The van der Waals surface area contributed by atoms with Gasteiger partial charge < -0.3 is 10.4 Å². The van der Waals surface area contributed by atoms with E-state index in [9.17, 15) is 9.59 Å². The summed E-state index contributed by atoms with van der Waals surface area (Å²) in [6.45, 7) is 2.13. The second-order valence-corrected chi connectivity index (χ2v) is 7.27. The van der Waals surface area contributed by atoms with Gasteiger partial charge in [-0.1, -0.05) is 30.7 Å². The van der Waals surface area contributed by atoms with Crippen molar-refractivity contribution in [1.82, 2.24) is 5.32 Å². The van der Waals surface area contributed by atoms with Crippen LogP contribution < -0.4 is 5.32 Å². The number of rotatable bonds is 3. The fraction of sp³-hybridized carbons (Fsp3) is 0.556. The first-order valence-corrected chi connectivity index (χ1v) is 8.65. The van der Waals surface area contributed by atoms with Gasteiger partial charge in [-0.3, -0.25) is 9.59 Å². The van der Waals surface area contributed by atoms with Crippen LogP contribution in [-0.2, 0) is 16.0 Å². The molecule has 1 fully saturated rings. The largest absolute Gasteiger partial charge is 0.481 e. The van der Waals surface area contributed by atoms with Crippen LogP contribution in [0.5, 0.6) is 0 Å². The number of carbonyl (C=O) groups is 2. The average Bonchev–Trinajstić information content (AvgIpc) is 2.85. The molecule has 0 unspecified atom stereocenters. The molecule has 0 heterocycles. The van der Waals surface area contributed by atoms with Gasteiger partial charge in [0.2, 0.25) is 5.91 Å². The van der Waals surface area contributed by atoms with Crippen molar-refractivity contribution in [3.8, 4) is 0 Å². The summed E-state index contributed by atoms with van der Waals surface area (Å²) >= 11 is 6.26. The minimum atomic E-state index is -0.739. The maximum Gasteiger partial charge on any atom is 0.306 e. The number of benzene rings is 1. The number of carbonyl (C=O) groups excluding carboxylic acids is 1. The average molecular weight is 336 g/mol. The number of carboxylic acid groups (broad SMARTS) is 1.